The zero-order chi connectivity index (χ0) is 11.4. The molecule has 0 aliphatic heterocycles. The fraction of sp³-hybridized carbons (Fsp3) is 0.154. The Morgan fingerprint density at radius 2 is 2.06 bits per heavy atom. The van der Waals surface area contributed by atoms with Crippen LogP contribution >= 0.6 is 0 Å². The van der Waals surface area contributed by atoms with Crippen LogP contribution in [0, 0.1) is 0 Å². The number of carbonyl (C=O) groups excluding carboxylic acids is 1. The van der Waals surface area contributed by atoms with E-state index in [1.807, 2.05) is 36.4 Å². The molecule has 0 spiro atoms. The first-order valence-electron chi connectivity index (χ1n) is 5.25. The van der Waals surface area contributed by atoms with Crippen molar-refractivity contribution in [1.82, 2.24) is 5.43 Å². The van der Waals surface area contributed by atoms with E-state index in [1.165, 1.54) is 5.56 Å². The first-order chi connectivity index (χ1) is 7.81. The highest BCUT2D eigenvalue weighted by molar-refractivity contribution is 5.95. The van der Waals surface area contributed by atoms with Gasteiger partial charge in [0.05, 0.1) is 0 Å². The maximum absolute atomic E-state index is 11.3. The SMILES string of the molecule is NNC(=O)C1=CCC(c2ccccc2)C=C1. The predicted octanol–water partition coefficient (Wildman–Crippen LogP) is 1.65. The van der Waals surface area contributed by atoms with Crippen LogP contribution in [0.15, 0.2) is 54.1 Å². The van der Waals surface area contributed by atoms with Crippen molar-refractivity contribution in [2.75, 3.05) is 0 Å². The molecule has 0 bridgehead atoms. The van der Waals surface area contributed by atoms with Gasteiger partial charge in [0.25, 0.3) is 5.91 Å². The third-order valence-electron chi connectivity index (χ3n) is 2.72. The number of nitrogens with two attached hydrogens (primary N) is 1. The highest BCUT2D eigenvalue weighted by atomic mass is 16.2. The van der Waals surface area contributed by atoms with Crippen LogP contribution in [0.1, 0.15) is 17.9 Å². The van der Waals surface area contributed by atoms with Crippen molar-refractivity contribution >= 4 is 5.91 Å². The van der Waals surface area contributed by atoms with Gasteiger partial charge in [-0.1, -0.05) is 48.6 Å². The molecule has 0 aromatic heterocycles. The molecular formula is C13H14N2O. The monoisotopic (exact) mass is 214 g/mol. The molecule has 82 valence electrons. The van der Waals surface area contributed by atoms with E-state index in [-0.39, 0.29) is 5.91 Å². The van der Waals surface area contributed by atoms with Gasteiger partial charge < -0.3 is 0 Å². The van der Waals surface area contributed by atoms with Crippen molar-refractivity contribution in [3.63, 3.8) is 0 Å². The van der Waals surface area contributed by atoms with E-state index < -0.39 is 0 Å². The van der Waals surface area contributed by atoms with Gasteiger partial charge in [0.1, 0.15) is 0 Å². The fourth-order valence-corrected chi connectivity index (χ4v) is 1.82. The quantitative estimate of drug-likeness (QED) is 0.447. The summed E-state index contributed by atoms with van der Waals surface area (Å²) in [6, 6.07) is 10.2. The molecule has 0 fully saturated rings. The van der Waals surface area contributed by atoms with Crippen molar-refractivity contribution in [2.24, 2.45) is 5.84 Å². The molecule has 0 radical (unpaired) electrons. The Balaban J connectivity index is 2.09. The minimum Gasteiger partial charge on any atom is -0.290 e. The maximum atomic E-state index is 11.3. The van der Waals surface area contributed by atoms with Crippen LogP contribution in [0.2, 0.25) is 0 Å². The lowest BCUT2D eigenvalue weighted by molar-refractivity contribution is -0.117. The van der Waals surface area contributed by atoms with Gasteiger partial charge >= 0.3 is 0 Å². The van der Waals surface area contributed by atoms with Crippen LogP contribution in [0.3, 0.4) is 0 Å². The van der Waals surface area contributed by atoms with Gasteiger partial charge in [0.15, 0.2) is 0 Å². The van der Waals surface area contributed by atoms with E-state index in [2.05, 4.69) is 17.6 Å². The standard InChI is InChI=1S/C13H14N2O/c14-15-13(16)12-8-6-11(7-9-12)10-4-2-1-3-5-10/h1-6,8-9,11H,7,14H2,(H,15,16). The molecule has 1 aromatic carbocycles. The van der Waals surface area contributed by atoms with Gasteiger partial charge in [-0.25, -0.2) is 5.84 Å². The Morgan fingerprint density at radius 1 is 1.31 bits per heavy atom. The van der Waals surface area contributed by atoms with Crippen LogP contribution in [0.4, 0.5) is 0 Å². The molecule has 1 aliphatic rings. The first-order valence-corrected chi connectivity index (χ1v) is 5.25. The molecule has 1 aromatic rings. The van der Waals surface area contributed by atoms with E-state index in [9.17, 15) is 4.79 Å². The summed E-state index contributed by atoms with van der Waals surface area (Å²) in [4.78, 5) is 11.3. The molecule has 0 saturated carbocycles. The topological polar surface area (TPSA) is 55.1 Å². The molecule has 0 heterocycles. The number of allylic oxidation sites excluding steroid dienone is 2. The molecule has 1 atom stereocenters. The number of amides is 1. The normalized spacial score (nSPS) is 19.1. The third-order valence-corrected chi connectivity index (χ3v) is 2.72. The van der Waals surface area contributed by atoms with Crippen LogP contribution in [0.25, 0.3) is 0 Å². The molecule has 1 aliphatic carbocycles. The van der Waals surface area contributed by atoms with Crippen LogP contribution in [-0.4, -0.2) is 5.91 Å². The minimum atomic E-state index is -0.234. The Hall–Kier alpha value is -1.87. The Morgan fingerprint density at radius 3 is 2.62 bits per heavy atom. The molecule has 0 saturated heterocycles. The fourth-order valence-electron chi connectivity index (χ4n) is 1.82. The van der Waals surface area contributed by atoms with Crippen LogP contribution < -0.4 is 11.3 Å². The van der Waals surface area contributed by atoms with Crippen molar-refractivity contribution in [3.05, 3.63) is 59.7 Å². The second kappa shape index (κ2) is 4.77. The first kappa shape index (κ1) is 10.6. The Kier molecular flexibility index (Phi) is 3.17. The van der Waals surface area contributed by atoms with E-state index in [0.29, 0.717) is 11.5 Å². The number of nitrogens with one attached hydrogen (secondary N) is 1. The van der Waals surface area contributed by atoms with Crippen molar-refractivity contribution in [1.29, 1.82) is 0 Å². The lowest BCUT2D eigenvalue weighted by Gasteiger charge is -2.15. The third kappa shape index (κ3) is 2.20. The van der Waals surface area contributed by atoms with E-state index in [1.54, 1.807) is 0 Å². The summed E-state index contributed by atoms with van der Waals surface area (Å²) in [6.07, 6.45) is 6.62. The van der Waals surface area contributed by atoms with Crippen LogP contribution in [-0.2, 0) is 4.79 Å². The zero-order valence-electron chi connectivity index (χ0n) is 8.89. The summed E-state index contributed by atoms with van der Waals surface area (Å²) in [5.74, 6) is 5.20. The summed E-state index contributed by atoms with van der Waals surface area (Å²) in [5.41, 5.74) is 4.03. The Bertz CT molecular complexity index is 435. The number of carbonyl (C=O) groups is 1. The number of hydrazine groups is 1. The van der Waals surface area contributed by atoms with E-state index in [4.69, 9.17) is 5.84 Å². The number of benzene rings is 1. The van der Waals surface area contributed by atoms with Gasteiger partial charge in [-0.3, -0.25) is 10.2 Å². The molecule has 3 nitrogen and oxygen atoms in total. The van der Waals surface area contributed by atoms with Gasteiger partial charge in [0.2, 0.25) is 0 Å². The lowest BCUT2D eigenvalue weighted by Crippen LogP contribution is -2.31. The average molecular weight is 214 g/mol. The molecule has 3 N–H and O–H groups in total. The molecule has 16 heavy (non-hydrogen) atoms. The highest BCUT2D eigenvalue weighted by Crippen LogP contribution is 2.26. The van der Waals surface area contributed by atoms with Gasteiger partial charge in [-0.05, 0) is 12.0 Å². The van der Waals surface area contributed by atoms with E-state index in [0.717, 1.165) is 6.42 Å². The second-order valence-electron chi connectivity index (χ2n) is 3.74. The van der Waals surface area contributed by atoms with Crippen molar-refractivity contribution in [3.8, 4) is 0 Å². The summed E-state index contributed by atoms with van der Waals surface area (Å²) in [7, 11) is 0. The smallest absolute Gasteiger partial charge is 0.264 e. The minimum absolute atomic E-state index is 0.234. The molecular weight excluding hydrogens is 200 g/mol. The van der Waals surface area contributed by atoms with Gasteiger partial charge in [0, 0.05) is 11.5 Å². The summed E-state index contributed by atoms with van der Waals surface area (Å²) in [5, 5.41) is 0. The van der Waals surface area contributed by atoms with Gasteiger partial charge in [-0.2, -0.15) is 0 Å². The second-order valence-corrected chi connectivity index (χ2v) is 3.74. The molecule has 3 heteroatoms. The van der Waals surface area contributed by atoms with Crippen molar-refractivity contribution in [2.45, 2.75) is 12.3 Å². The van der Waals surface area contributed by atoms with Crippen LogP contribution in [0.5, 0.6) is 0 Å². The Labute approximate surface area is 94.6 Å². The number of hydrogen-bond donors (Lipinski definition) is 2. The van der Waals surface area contributed by atoms with Crippen molar-refractivity contribution < 1.29 is 4.79 Å². The number of rotatable bonds is 2. The van der Waals surface area contributed by atoms with Gasteiger partial charge in [-0.15, -0.1) is 0 Å². The summed E-state index contributed by atoms with van der Waals surface area (Å²) >= 11 is 0. The summed E-state index contributed by atoms with van der Waals surface area (Å²) < 4.78 is 0. The molecule has 1 unspecified atom stereocenters. The zero-order valence-corrected chi connectivity index (χ0v) is 8.89. The highest BCUT2D eigenvalue weighted by Gasteiger charge is 2.13. The average Bonchev–Trinajstić information content (AvgIpc) is 2.39. The predicted molar refractivity (Wildman–Crippen MR) is 63.4 cm³/mol. The maximum Gasteiger partial charge on any atom is 0.264 e. The summed E-state index contributed by atoms with van der Waals surface area (Å²) in [6.45, 7) is 0. The molecule has 1 amide bonds. The molecule has 2 rings (SSSR count). The largest absolute Gasteiger partial charge is 0.290 e. The van der Waals surface area contributed by atoms with E-state index >= 15 is 0 Å². The lowest BCUT2D eigenvalue weighted by atomic mass is 9.90. The number of hydrogen-bond acceptors (Lipinski definition) is 2.